The van der Waals surface area contributed by atoms with Gasteiger partial charge in [-0.25, -0.2) is 4.98 Å². The van der Waals surface area contributed by atoms with Crippen LogP contribution in [0, 0.1) is 17.3 Å². The lowest BCUT2D eigenvalue weighted by Gasteiger charge is -2.37. The number of thiazole rings is 1. The number of anilines is 1. The van der Waals surface area contributed by atoms with Crippen LogP contribution in [0.4, 0.5) is 5.13 Å². The molecular formula is C20H27ClN2OS. The quantitative estimate of drug-likeness (QED) is 0.641. The van der Waals surface area contributed by atoms with Crippen LogP contribution in [-0.2, 0) is 4.79 Å². The van der Waals surface area contributed by atoms with Gasteiger partial charge < -0.3 is 0 Å². The monoisotopic (exact) mass is 378 g/mol. The average molecular weight is 379 g/mol. The Kier molecular flexibility index (Phi) is 5.40. The molecule has 0 N–H and O–H groups in total. The fourth-order valence-corrected chi connectivity index (χ4v) is 5.00. The van der Waals surface area contributed by atoms with Crippen LogP contribution in [0.5, 0.6) is 0 Å². The molecule has 1 fully saturated rings. The summed E-state index contributed by atoms with van der Waals surface area (Å²) >= 11 is 7.63. The van der Waals surface area contributed by atoms with Gasteiger partial charge in [-0.15, -0.1) is 0 Å². The molecule has 0 bridgehead atoms. The summed E-state index contributed by atoms with van der Waals surface area (Å²) in [7, 11) is 0. The summed E-state index contributed by atoms with van der Waals surface area (Å²) < 4.78 is 1.07. The minimum atomic E-state index is 0.133. The second kappa shape index (κ2) is 7.24. The molecule has 3 rings (SSSR count). The maximum absolute atomic E-state index is 13.1. The first-order chi connectivity index (χ1) is 11.8. The van der Waals surface area contributed by atoms with E-state index in [1.165, 1.54) is 0 Å². The number of carbonyl (C=O) groups excluding carboxylic acids is 1. The predicted molar refractivity (Wildman–Crippen MR) is 108 cm³/mol. The molecule has 1 saturated carbocycles. The molecule has 2 aromatic rings. The number of amides is 1. The van der Waals surface area contributed by atoms with E-state index in [0.29, 0.717) is 17.0 Å². The van der Waals surface area contributed by atoms with Crippen LogP contribution in [0.3, 0.4) is 0 Å². The first kappa shape index (κ1) is 18.7. The van der Waals surface area contributed by atoms with Gasteiger partial charge in [0.2, 0.25) is 5.91 Å². The third kappa shape index (κ3) is 4.01. The fourth-order valence-electron chi connectivity index (χ4n) is 3.82. The van der Waals surface area contributed by atoms with Crippen molar-refractivity contribution in [3.8, 4) is 0 Å². The summed E-state index contributed by atoms with van der Waals surface area (Å²) in [6.07, 6.45) is 4.28. The lowest BCUT2D eigenvalue weighted by molar-refractivity contribution is -0.123. The lowest BCUT2D eigenvalue weighted by Crippen LogP contribution is -2.38. The Bertz CT molecular complexity index is 757. The number of fused-ring (bicyclic) bond motifs is 1. The van der Waals surface area contributed by atoms with Gasteiger partial charge in [0.15, 0.2) is 5.13 Å². The SMILES string of the molecule is CCN(C(=O)C1CCC(C(C)(C)C)CC1)c1nc2cc(Cl)ccc2s1. The fraction of sp³-hybridized carbons (Fsp3) is 0.600. The van der Waals surface area contributed by atoms with E-state index in [9.17, 15) is 4.79 Å². The molecule has 1 aliphatic carbocycles. The van der Waals surface area contributed by atoms with Crippen LogP contribution in [0.1, 0.15) is 53.4 Å². The van der Waals surface area contributed by atoms with E-state index < -0.39 is 0 Å². The largest absolute Gasteiger partial charge is 0.288 e. The molecule has 1 aromatic heterocycles. The zero-order chi connectivity index (χ0) is 18.2. The molecule has 0 aliphatic heterocycles. The summed E-state index contributed by atoms with van der Waals surface area (Å²) in [4.78, 5) is 19.6. The Morgan fingerprint density at radius 2 is 1.96 bits per heavy atom. The molecular weight excluding hydrogens is 352 g/mol. The van der Waals surface area contributed by atoms with Crippen LogP contribution < -0.4 is 4.90 Å². The van der Waals surface area contributed by atoms with Crippen molar-refractivity contribution in [3.63, 3.8) is 0 Å². The molecule has 1 heterocycles. The molecule has 1 aliphatic rings. The van der Waals surface area contributed by atoms with Crippen molar-refractivity contribution >= 4 is 44.2 Å². The molecule has 1 amide bonds. The maximum Gasteiger partial charge on any atom is 0.231 e. The number of halogens is 1. The van der Waals surface area contributed by atoms with Crippen LogP contribution >= 0.6 is 22.9 Å². The smallest absolute Gasteiger partial charge is 0.231 e. The van der Waals surface area contributed by atoms with Gasteiger partial charge in [-0.2, -0.15) is 0 Å². The molecule has 25 heavy (non-hydrogen) atoms. The van der Waals surface area contributed by atoms with Crippen LogP contribution in [-0.4, -0.2) is 17.4 Å². The number of hydrogen-bond donors (Lipinski definition) is 0. The zero-order valence-electron chi connectivity index (χ0n) is 15.5. The minimum absolute atomic E-state index is 0.133. The second-order valence-corrected chi connectivity index (χ2v) is 9.55. The van der Waals surface area contributed by atoms with Crippen LogP contribution in [0.15, 0.2) is 18.2 Å². The van der Waals surface area contributed by atoms with Gasteiger partial charge in [0, 0.05) is 17.5 Å². The first-order valence-corrected chi connectivity index (χ1v) is 10.4. The first-order valence-electron chi connectivity index (χ1n) is 9.17. The Labute approximate surface area is 159 Å². The molecule has 0 radical (unpaired) electrons. The Hall–Kier alpha value is -1.13. The molecule has 0 unspecified atom stereocenters. The van der Waals surface area contributed by atoms with Crippen molar-refractivity contribution < 1.29 is 4.79 Å². The van der Waals surface area contributed by atoms with Gasteiger partial charge in [-0.3, -0.25) is 9.69 Å². The maximum atomic E-state index is 13.1. The highest BCUT2D eigenvalue weighted by molar-refractivity contribution is 7.22. The van der Waals surface area contributed by atoms with Gasteiger partial charge in [0.05, 0.1) is 10.2 Å². The molecule has 5 heteroatoms. The van der Waals surface area contributed by atoms with Crippen LogP contribution in [0.25, 0.3) is 10.2 Å². The molecule has 3 nitrogen and oxygen atoms in total. The number of rotatable bonds is 3. The Morgan fingerprint density at radius 3 is 2.56 bits per heavy atom. The van der Waals surface area contributed by atoms with Crippen LogP contribution in [0.2, 0.25) is 5.02 Å². The topological polar surface area (TPSA) is 33.2 Å². The standard InChI is InChI=1S/C20H27ClN2OS/c1-5-23(19-22-16-12-15(21)10-11-17(16)25-19)18(24)13-6-8-14(9-7-13)20(2,3)4/h10-14H,5-9H2,1-4H3. The van der Waals surface area contributed by atoms with E-state index in [2.05, 4.69) is 25.8 Å². The van der Waals surface area contributed by atoms with E-state index in [-0.39, 0.29) is 11.8 Å². The summed E-state index contributed by atoms with van der Waals surface area (Å²) in [5.41, 5.74) is 1.21. The number of hydrogen-bond acceptors (Lipinski definition) is 3. The molecule has 0 atom stereocenters. The minimum Gasteiger partial charge on any atom is -0.288 e. The van der Waals surface area contributed by atoms with Gasteiger partial charge in [0.25, 0.3) is 0 Å². The van der Waals surface area contributed by atoms with Gasteiger partial charge >= 0.3 is 0 Å². The van der Waals surface area contributed by atoms with E-state index >= 15 is 0 Å². The van der Waals surface area contributed by atoms with E-state index in [4.69, 9.17) is 11.6 Å². The highest BCUT2D eigenvalue weighted by atomic mass is 35.5. The number of nitrogens with zero attached hydrogens (tertiary/aromatic N) is 2. The normalized spacial score (nSPS) is 21.5. The highest BCUT2D eigenvalue weighted by Gasteiger charge is 2.34. The van der Waals surface area contributed by atoms with E-state index in [0.717, 1.165) is 46.9 Å². The molecule has 0 spiro atoms. The summed E-state index contributed by atoms with van der Waals surface area (Å²) in [5.74, 6) is 1.09. The van der Waals surface area contributed by atoms with Crippen molar-refractivity contribution in [1.29, 1.82) is 0 Å². The second-order valence-electron chi connectivity index (χ2n) is 8.11. The highest BCUT2D eigenvalue weighted by Crippen LogP contribution is 2.41. The Morgan fingerprint density at radius 1 is 1.28 bits per heavy atom. The summed E-state index contributed by atoms with van der Waals surface area (Å²) in [5, 5.41) is 1.47. The van der Waals surface area contributed by atoms with Gasteiger partial charge in [0.1, 0.15) is 0 Å². The third-order valence-corrected chi connectivity index (χ3v) is 6.75. The lowest BCUT2D eigenvalue weighted by atomic mass is 9.69. The van der Waals surface area contributed by atoms with Crippen molar-refractivity contribution in [1.82, 2.24) is 4.98 Å². The van der Waals surface area contributed by atoms with Gasteiger partial charge in [-0.05, 0) is 62.1 Å². The summed E-state index contributed by atoms with van der Waals surface area (Å²) in [6.45, 7) is 9.61. The molecule has 1 aromatic carbocycles. The average Bonchev–Trinajstić information content (AvgIpc) is 2.97. The van der Waals surface area contributed by atoms with Crippen molar-refractivity contribution in [2.24, 2.45) is 17.3 Å². The molecule has 0 saturated heterocycles. The van der Waals surface area contributed by atoms with Crippen molar-refractivity contribution in [2.45, 2.75) is 53.4 Å². The number of benzene rings is 1. The van der Waals surface area contributed by atoms with E-state index in [1.807, 2.05) is 30.0 Å². The van der Waals surface area contributed by atoms with Crippen molar-refractivity contribution in [2.75, 3.05) is 11.4 Å². The summed E-state index contributed by atoms with van der Waals surface area (Å²) in [6, 6.07) is 5.72. The third-order valence-electron chi connectivity index (χ3n) is 5.45. The number of aromatic nitrogens is 1. The van der Waals surface area contributed by atoms with E-state index in [1.54, 1.807) is 11.3 Å². The van der Waals surface area contributed by atoms with Gasteiger partial charge in [-0.1, -0.05) is 43.7 Å². The molecule has 136 valence electrons. The number of carbonyl (C=O) groups is 1. The predicted octanol–water partition coefficient (Wildman–Crippen LogP) is 6.16. The van der Waals surface area contributed by atoms with Crippen molar-refractivity contribution in [3.05, 3.63) is 23.2 Å². The zero-order valence-corrected chi connectivity index (χ0v) is 17.1. The Balaban J connectivity index is 1.75.